The van der Waals surface area contributed by atoms with Crippen LogP contribution in [0.5, 0.6) is 0 Å². The number of benzene rings is 2. The molecule has 4 rings (SSSR count). The first kappa shape index (κ1) is 15.3. The van der Waals surface area contributed by atoms with Crippen LogP contribution in [0.3, 0.4) is 0 Å². The van der Waals surface area contributed by atoms with Gasteiger partial charge in [-0.1, -0.05) is 30.3 Å². The Morgan fingerprint density at radius 3 is 2.92 bits per heavy atom. The van der Waals surface area contributed by atoms with Crippen molar-refractivity contribution >= 4 is 27.5 Å². The molecule has 0 radical (unpaired) electrons. The summed E-state index contributed by atoms with van der Waals surface area (Å²) in [5.41, 5.74) is 2.79. The first-order valence-corrected chi connectivity index (χ1v) is 8.85. The fraction of sp³-hybridized carbons (Fsp3) is 0.263. The number of carbonyl (C=O) groups excluding carboxylic acids is 1. The number of rotatable bonds is 2. The second kappa shape index (κ2) is 6.34. The maximum atomic E-state index is 12.9. The number of carbonyl (C=O) groups is 1. The van der Waals surface area contributed by atoms with Crippen molar-refractivity contribution in [1.29, 1.82) is 0 Å². The van der Waals surface area contributed by atoms with Crippen LogP contribution in [0, 0.1) is 6.92 Å². The maximum absolute atomic E-state index is 12.9. The van der Waals surface area contributed by atoms with Gasteiger partial charge in [-0.05, 0) is 30.7 Å². The van der Waals surface area contributed by atoms with Gasteiger partial charge in [-0.2, -0.15) is 0 Å². The molecular formula is C19H18N2O2S. The molecule has 1 fully saturated rings. The Balaban J connectivity index is 1.56. The second-order valence-corrected chi connectivity index (χ2v) is 7.17. The van der Waals surface area contributed by atoms with E-state index in [4.69, 9.17) is 4.74 Å². The number of thiazole rings is 1. The molecule has 2 aromatic carbocycles. The predicted molar refractivity (Wildman–Crippen MR) is 95.4 cm³/mol. The number of aryl methyl sites for hydroxylation is 1. The zero-order valence-electron chi connectivity index (χ0n) is 13.4. The van der Waals surface area contributed by atoms with Crippen LogP contribution in [0.15, 0.2) is 48.5 Å². The summed E-state index contributed by atoms with van der Waals surface area (Å²) in [5.74, 6) is 0.0622. The molecule has 4 nitrogen and oxygen atoms in total. The number of amides is 1. The van der Waals surface area contributed by atoms with E-state index in [2.05, 4.69) is 4.98 Å². The first-order valence-electron chi connectivity index (χ1n) is 8.04. The zero-order valence-corrected chi connectivity index (χ0v) is 14.3. The third-order valence-electron chi connectivity index (χ3n) is 4.27. The van der Waals surface area contributed by atoms with Crippen LogP contribution in [0.4, 0.5) is 0 Å². The van der Waals surface area contributed by atoms with Crippen molar-refractivity contribution in [2.75, 3.05) is 19.7 Å². The van der Waals surface area contributed by atoms with Gasteiger partial charge < -0.3 is 9.64 Å². The topological polar surface area (TPSA) is 42.4 Å². The van der Waals surface area contributed by atoms with E-state index in [1.807, 2.05) is 60.4 Å². The van der Waals surface area contributed by atoms with Gasteiger partial charge in [-0.3, -0.25) is 4.79 Å². The highest BCUT2D eigenvalue weighted by atomic mass is 32.1. The highest BCUT2D eigenvalue weighted by molar-refractivity contribution is 7.18. The molecule has 1 aliphatic heterocycles. The molecule has 1 aliphatic rings. The minimum Gasteiger partial charge on any atom is -0.370 e. The van der Waals surface area contributed by atoms with E-state index in [9.17, 15) is 4.79 Å². The molecule has 0 saturated carbocycles. The van der Waals surface area contributed by atoms with Crippen molar-refractivity contribution in [1.82, 2.24) is 9.88 Å². The van der Waals surface area contributed by atoms with Crippen LogP contribution in [0.2, 0.25) is 0 Å². The lowest BCUT2D eigenvalue weighted by Crippen LogP contribution is -2.42. The van der Waals surface area contributed by atoms with Crippen LogP contribution in [0.25, 0.3) is 10.2 Å². The highest BCUT2D eigenvalue weighted by Crippen LogP contribution is 2.26. The number of morpholine rings is 1. The Kier molecular flexibility index (Phi) is 4.04. The lowest BCUT2D eigenvalue weighted by molar-refractivity contribution is -0.0228. The smallest absolute Gasteiger partial charge is 0.254 e. The van der Waals surface area contributed by atoms with Gasteiger partial charge in [0.15, 0.2) is 0 Å². The minimum absolute atomic E-state index is 0.0571. The zero-order chi connectivity index (χ0) is 16.5. The summed E-state index contributed by atoms with van der Waals surface area (Å²) in [4.78, 5) is 19.2. The predicted octanol–water partition coefficient (Wildman–Crippen LogP) is 3.82. The third kappa shape index (κ3) is 2.92. The average molecular weight is 338 g/mol. The molecule has 1 saturated heterocycles. The molecule has 3 aromatic rings. The number of ether oxygens (including phenoxy) is 1. The van der Waals surface area contributed by atoms with E-state index in [-0.39, 0.29) is 12.0 Å². The highest BCUT2D eigenvalue weighted by Gasteiger charge is 2.26. The molecule has 1 amide bonds. The summed E-state index contributed by atoms with van der Waals surface area (Å²) in [6, 6.07) is 15.8. The summed E-state index contributed by atoms with van der Waals surface area (Å²) < 4.78 is 6.91. The number of nitrogens with zero attached hydrogens (tertiary/aromatic N) is 2. The fourth-order valence-corrected chi connectivity index (χ4v) is 3.92. The molecule has 1 atom stereocenters. The van der Waals surface area contributed by atoms with E-state index < -0.39 is 0 Å². The average Bonchev–Trinajstić information content (AvgIpc) is 3.01. The van der Waals surface area contributed by atoms with Crippen molar-refractivity contribution < 1.29 is 9.53 Å². The molecule has 5 heteroatoms. The van der Waals surface area contributed by atoms with Crippen LogP contribution in [0.1, 0.15) is 27.0 Å². The molecule has 2 heterocycles. The molecular weight excluding hydrogens is 320 g/mol. The first-order chi connectivity index (χ1) is 11.7. The van der Waals surface area contributed by atoms with E-state index in [0.29, 0.717) is 19.7 Å². The van der Waals surface area contributed by atoms with Crippen LogP contribution >= 0.6 is 11.3 Å². The SMILES string of the molecule is Cc1nc2ccc(C(=O)N3CCO[C@H](c4ccccc4)C3)cc2s1. The monoisotopic (exact) mass is 338 g/mol. The maximum Gasteiger partial charge on any atom is 0.254 e. The molecule has 24 heavy (non-hydrogen) atoms. The number of hydrogen-bond donors (Lipinski definition) is 0. The van der Waals surface area contributed by atoms with Crippen molar-refractivity contribution in [3.63, 3.8) is 0 Å². The van der Waals surface area contributed by atoms with Gasteiger partial charge in [0.25, 0.3) is 5.91 Å². The molecule has 0 N–H and O–H groups in total. The van der Waals surface area contributed by atoms with Crippen molar-refractivity contribution in [3.05, 3.63) is 64.7 Å². The third-order valence-corrected chi connectivity index (χ3v) is 5.20. The Morgan fingerprint density at radius 1 is 1.25 bits per heavy atom. The number of aromatic nitrogens is 1. The van der Waals surface area contributed by atoms with E-state index in [1.165, 1.54) is 0 Å². The van der Waals surface area contributed by atoms with Crippen molar-refractivity contribution in [3.8, 4) is 0 Å². The van der Waals surface area contributed by atoms with Gasteiger partial charge in [-0.15, -0.1) is 11.3 Å². The molecule has 0 aliphatic carbocycles. The molecule has 1 aromatic heterocycles. The van der Waals surface area contributed by atoms with E-state index >= 15 is 0 Å². The van der Waals surface area contributed by atoms with Crippen LogP contribution in [-0.2, 0) is 4.74 Å². The summed E-state index contributed by atoms with van der Waals surface area (Å²) in [6.07, 6.45) is -0.0571. The number of hydrogen-bond acceptors (Lipinski definition) is 4. The molecule has 0 spiro atoms. The Hall–Kier alpha value is -2.24. The summed E-state index contributed by atoms with van der Waals surface area (Å²) in [7, 11) is 0. The van der Waals surface area contributed by atoms with Crippen LogP contribution < -0.4 is 0 Å². The lowest BCUT2D eigenvalue weighted by atomic mass is 10.1. The summed E-state index contributed by atoms with van der Waals surface area (Å²) in [6.45, 7) is 3.76. The Bertz CT molecular complexity index is 875. The van der Waals surface area contributed by atoms with E-state index in [0.717, 1.165) is 26.4 Å². The summed E-state index contributed by atoms with van der Waals surface area (Å²) in [5, 5.41) is 1.02. The molecule has 0 bridgehead atoms. The van der Waals surface area contributed by atoms with Gasteiger partial charge in [-0.25, -0.2) is 4.98 Å². The van der Waals surface area contributed by atoms with Gasteiger partial charge in [0.1, 0.15) is 6.10 Å². The standard InChI is InChI=1S/C19H18N2O2S/c1-13-20-16-8-7-15(11-18(16)24-13)19(22)21-9-10-23-17(12-21)14-5-3-2-4-6-14/h2-8,11,17H,9-10,12H2,1H3/t17-/m0/s1. The normalized spacial score (nSPS) is 18.0. The van der Waals surface area contributed by atoms with Gasteiger partial charge in [0, 0.05) is 12.1 Å². The quantitative estimate of drug-likeness (QED) is 0.713. The molecule has 0 unspecified atom stereocenters. The summed E-state index contributed by atoms with van der Waals surface area (Å²) >= 11 is 1.62. The largest absolute Gasteiger partial charge is 0.370 e. The van der Waals surface area contributed by atoms with E-state index in [1.54, 1.807) is 11.3 Å². The Morgan fingerprint density at radius 2 is 2.08 bits per heavy atom. The number of fused-ring (bicyclic) bond motifs is 1. The fourth-order valence-electron chi connectivity index (χ4n) is 3.06. The van der Waals surface area contributed by atoms with Crippen molar-refractivity contribution in [2.24, 2.45) is 0 Å². The van der Waals surface area contributed by atoms with Gasteiger partial charge in [0.05, 0.1) is 28.4 Å². The van der Waals surface area contributed by atoms with Crippen LogP contribution in [-0.4, -0.2) is 35.5 Å². The lowest BCUT2D eigenvalue weighted by Gasteiger charge is -2.33. The minimum atomic E-state index is -0.0571. The molecule has 122 valence electrons. The second-order valence-electron chi connectivity index (χ2n) is 5.94. The van der Waals surface area contributed by atoms with Crippen molar-refractivity contribution in [2.45, 2.75) is 13.0 Å². The van der Waals surface area contributed by atoms with Gasteiger partial charge >= 0.3 is 0 Å². The van der Waals surface area contributed by atoms with Gasteiger partial charge in [0.2, 0.25) is 0 Å². The Labute approximate surface area is 144 Å².